The zero-order valence-electron chi connectivity index (χ0n) is 10.5. The van der Waals surface area contributed by atoms with Crippen molar-refractivity contribution in [2.45, 2.75) is 44.7 Å². The van der Waals surface area contributed by atoms with Crippen LogP contribution in [0.1, 0.15) is 37.0 Å². The van der Waals surface area contributed by atoms with Crippen molar-refractivity contribution < 1.29 is 4.79 Å². The molecule has 0 aliphatic heterocycles. The molecule has 0 saturated heterocycles. The topological polar surface area (TPSA) is 20.3 Å². The minimum absolute atomic E-state index is 0.349. The van der Waals surface area contributed by atoms with Gasteiger partial charge in [-0.15, -0.1) is 11.3 Å². The number of carbonyl (C=O) groups is 1. The van der Waals surface area contributed by atoms with Crippen LogP contribution in [0.25, 0.3) is 0 Å². The summed E-state index contributed by atoms with van der Waals surface area (Å²) >= 11 is 1.75. The number of amides is 1. The van der Waals surface area contributed by atoms with Crippen molar-refractivity contribution in [2.24, 2.45) is 5.92 Å². The molecule has 0 radical (unpaired) electrons. The largest absolute Gasteiger partial charge is 0.335 e. The van der Waals surface area contributed by atoms with E-state index in [9.17, 15) is 4.79 Å². The maximum absolute atomic E-state index is 12.4. The van der Waals surface area contributed by atoms with Gasteiger partial charge in [-0.05, 0) is 43.0 Å². The fraction of sp³-hybridized carbons (Fsp3) is 0.533. The molecule has 1 aromatic heterocycles. The van der Waals surface area contributed by atoms with Gasteiger partial charge >= 0.3 is 0 Å². The Labute approximate surface area is 112 Å². The van der Waals surface area contributed by atoms with E-state index in [-0.39, 0.29) is 0 Å². The first-order valence-electron chi connectivity index (χ1n) is 6.81. The van der Waals surface area contributed by atoms with Crippen LogP contribution in [0.5, 0.6) is 0 Å². The van der Waals surface area contributed by atoms with E-state index in [1.807, 2.05) is 0 Å². The Kier molecular flexibility index (Phi) is 3.50. The summed E-state index contributed by atoms with van der Waals surface area (Å²) in [7, 11) is 0. The minimum atomic E-state index is 0.349. The molecular formula is C15H19NOS. The molecule has 0 spiro atoms. The Morgan fingerprint density at radius 3 is 2.89 bits per heavy atom. The standard InChI is InChI=1S/C15H19NOS/c17-15(10-12-4-1-2-5-12)16(13-7-8-13)11-14-6-3-9-18-14/h1,3-4,6,9,12-13H,2,5,7-8,10-11H2. The van der Waals surface area contributed by atoms with Gasteiger partial charge < -0.3 is 4.90 Å². The van der Waals surface area contributed by atoms with Gasteiger partial charge in [-0.25, -0.2) is 0 Å². The van der Waals surface area contributed by atoms with Gasteiger partial charge in [0.05, 0.1) is 6.54 Å². The molecule has 1 heterocycles. The summed E-state index contributed by atoms with van der Waals surface area (Å²) in [5.74, 6) is 0.838. The lowest BCUT2D eigenvalue weighted by Crippen LogP contribution is -2.33. The number of thiophene rings is 1. The number of nitrogens with zero attached hydrogens (tertiary/aromatic N) is 1. The first-order valence-corrected chi connectivity index (χ1v) is 7.69. The van der Waals surface area contributed by atoms with E-state index in [0.29, 0.717) is 24.3 Å². The number of hydrogen-bond acceptors (Lipinski definition) is 2. The molecule has 1 fully saturated rings. The van der Waals surface area contributed by atoms with Crippen LogP contribution in [0.15, 0.2) is 29.7 Å². The molecule has 2 aliphatic rings. The molecule has 2 aliphatic carbocycles. The van der Waals surface area contributed by atoms with E-state index in [1.165, 1.54) is 17.7 Å². The summed E-state index contributed by atoms with van der Waals surface area (Å²) in [5, 5.41) is 2.09. The minimum Gasteiger partial charge on any atom is -0.335 e. The van der Waals surface area contributed by atoms with Gasteiger partial charge in [0.25, 0.3) is 0 Å². The normalized spacial score (nSPS) is 22.3. The van der Waals surface area contributed by atoms with Crippen LogP contribution in [0.2, 0.25) is 0 Å². The van der Waals surface area contributed by atoms with Crippen molar-refractivity contribution >= 4 is 17.2 Å². The average Bonchev–Trinajstić information content (AvgIpc) is 2.87. The summed E-state index contributed by atoms with van der Waals surface area (Å²) in [5.41, 5.74) is 0. The maximum atomic E-state index is 12.4. The lowest BCUT2D eigenvalue weighted by atomic mass is 10.0. The van der Waals surface area contributed by atoms with Crippen LogP contribution in [-0.4, -0.2) is 16.8 Å². The number of allylic oxidation sites excluding steroid dienone is 2. The molecule has 1 aromatic rings. The lowest BCUT2D eigenvalue weighted by molar-refractivity contribution is -0.133. The highest BCUT2D eigenvalue weighted by Crippen LogP contribution is 2.31. The van der Waals surface area contributed by atoms with Crippen molar-refractivity contribution in [3.63, 3.8) is 0 Å². The predicted molar refractivity (Wildman–Crippen MR) is 74.4 cm³/mol. The van der Waals surface area contributed by atoms with Gasteiger partial charge in [0.1, 0.15) is 0 Å². The fourth-order valence-electron chi connectivity index (χ4n) is 2.58. The van der Waals surface area contributed by atoms with Crippen molar-refractivity contribution in [1.29, 1.82) is 0 Å². The lowest BCUT2D eigenvalue weighted by Gasteiger charge is -2.23. The van der Waals surface area contributed by atoms with Crippen LogP contribution in [0.4, 0.5) is 0 Å². The summed E-state index contributed by atoms with van der Waals surface area (Å²) in [6.07, 6.45) is 9.82. The molecule has 96 valence electrons. The molecule has 0 aromatic carbocycles. The molecule has 3 rings (SSSR count). The highest BCUT2D eigenvalue weighted by Gasteiger charge is 2.33. The predicted octanol–water partition coefficient (Wildman–Crippen LogP) is 3.60. The van der Waals surface area contributed by atoms with E-state index in [1.54, 1.807) is 11.3 Å². The highest BCUT2D eigenvalue weighted by atomic mass is 32.1. The van der Waals surface area contributed by atoms with Gasteiger partial charge in [-0.1, -0.05) is 18.2 Å². The number of hydrogen-bond donors (Lipinski definition) is 0. The van der Waals surface area contributed by atoms with E-state index in [4.69, 9.17) is 0 Å². The van der Waals surface area contributed by atoms with Gasteiger partial charge in [0.15, 0.2) is 0 Å². The van der Waals surface area contributed by atoms with Crippen molar-refractivity contribution in [2.75, 3.05) is 0 Å². The zero-order chi connectivity index (χ0) is 12.4. The second-order valence-electron chi connectivity index (χ2n) is 5.30. The van der Waals surface area contributed by atoms with Crippen LogP contribution < -0.4 is 0 Å². The van der Waals surface area contributed by atoms with Crippen LogP contribution in [0, 0.1) is 5.92 Å². The van der Waals surface area contributed by atoms with E-state index in [2.05, 4.69) is 34.6 Å². The van der Waals surface area contributed by atoms with Gasteiger partial charge in [-0.2, -0.15) is 0 Å². The van der Waals surface area contributed by atoms with E-state index >= 15 is 0 Å². The Hall–Kier alpha value is -1.09. The number of rotatable bonds is 5. The molecule has 1 amide bonds. The second kappa shape index (κ2) is 5.27. The van der Waals surface area contributed by atoms with Gasteiger partial charge in [0.2, 0.25) is 5.91 Å². The van der Waals surface area contributed by atoms with Crippen LogP contribution in [-0.2, 0) is 11.3 Å². The highest BCUT2D eigenvalue weighted by molar-refractivity contribution is 7.09. The van der Waals surface area contributed by atoms with Crippen molar-refractivity contribution in [1.82, 2.24) is 4.90 Å². The molecule has 1 atom stereocenters. The monoisotopic (exact) mass is 261 g/mol. The van der Waals surface area contributed by atoms with Gasteiger partial charge in [-0.3, -0.25) is 4.79 Å². The first-order chi connectivity index (χ1) is 8.83. The summed E-state index contributed by atoms with van der Waals surface area (Å²) in [6, 6.07) is 4.71. The Balaban J connectivity index is 1.61. The van der Waals surface area contributed by atoms with Crippen LogP contribution in [0.3, 0.4) is 0 Å². The number of carbonyl (C=O) groups excluding carboxylic acids is 1. The Morgan fingerprint density at radius 2 is 2.28 bits per heavy atom. The second-order valence-corrected chi connectivity index (χ2v) is 6.33. The average molecular weight is 261 g/mol. The summed E-state index contributed by atoms with van der Waals surface area (Å²) in [4.78, 5) is 15.8. The molecule has 0 N–H and O–H groups in total. The SMILES string of the molecule is O=C(CC1C=CCC1)N(Cc1cccs1)C1CC1. The van der Waals surface area contributed by atoms with E-state index < -0.39 is 0 Å². The van der Waals surface area contributed by atoms with Gasteiger partial charge in [0, 0.05) is 17.3 Å². The summed E-state index contributed by atoms with van der Waals surface area (Å²) < 4.78 is 0. The third kappa shape index (κ3) is 2.83. The third-order valence-electron chi connectivity index (χ3n) is 3.76. The fourth-order valence-corrected chi connectivity index (χ4v) is 3.29. The van der Waals surface area contributed by atoms with Crippen LogP contribution >= 0.6 is 11.3 Å². The molecule has 0 bridgehead atoms. The molecular weight excluding hydrogens is 242 g/mol. The molecule has 3 heteroatoms. The van der Waals surface area contributed by atoms with Crippen molar-refractivity contribution in [3.8, 4) is 0 Å². The smallest absolute Gasteiger partial charge is 0.223 e. The molecule has 18 heavy (non-hydrogen) atoms. The van der Waals surface area contributed by atoms with Crippen molar-refractivity contribution in [3.05, 3.63) is 34.5 Å². The third-order valence-corrected chi connectivity index (χ3v) is 4.62. The molecule has 1 unspecified atom stereocenters. The quantitative estimate of drug-likeness (QED) is 0.742. The maximum Gasteiger partial charge on any atom is 0.223 e. The molecule has 2 nitrogen and oxygen atoms in total. The first kappa shape index (κ1) is 12.0. The Bertz CT molecular complexity index is 433. The molecule has 1 saturated carbocycles. The van der Waals surface area contributed by atoms with E-state index in [0.717, 1.165) is 19.4 Å². The Morgan fingerprint density at radius 1 is 1.39 bits per heavy atom. The zero-order valence-corrected chi connectivity index (χ0v) is 11.4. The summed E-state index contributed by atoms with van der Waals surface area (Å²) in [6.45, 7) is 0.817.